The van der Waals surface area contributed by atoms with Crippen molar-refractivity contribution in [3.63, 3.8) is 0 Å². The van der Waals surface area contributed by atoms with Crippen molar-refractivity contribution in [1.29, 1.82) is 0 Å². The van der Waals surface area contributed by atoms with Crippen molar-refractivity contribution in [3.05, 3.63) is 51.8 Å². The summed E-state index contributed by atoms with van der Waals surface area (Å²) in [6, 6.07) is 9.11. The van der Waals surface area contributed by atoms with E-state index in [4.69, 9.17) is 14.2 Å². The van der Waals surface area contributed by atoms with E-state index in [9.17, 15) is 9.59 Å². The Morgan fingerprint density at radius 2 is 1.90 bits per heavy atom. The fourth-order valence-electron chi connectivity index (χ4n) is 3.06. The minimum Gasteiger partial charge on any atom is -0.465 e. The van der Waals surface area contributed by atoms with E-state index in [0.717, 1.165) is 21.3 Å². The third-order valence-electron chi connectivity index (χ3n) is 4.72. The molecule has 0 radical (unpaired) electrons. The van der Waals surface area contributed by atoms with E-state index in [2.05, 4.69) is 4.99 Å². The summed E-state index contributed by atoms with van der Waals surface area (Å²) in [6.07, 6.45) is 0. The summed E-state index contributed by atoms with van der Waals surface area (Å²) in [5.74, 6) is 0.469. The van der Waals surface area contributed by atoms with Gasteiger partial charge in [0, 0.05) is 17.7 Å². The first-order chi connectivity index (χ1) is 14.0. The van der Waals surface area contributed by atoms with Crippen LogP contribution in [-0.2, 0) is 16.1 Å². The van der Waals surface area contributed by atoms with Crippen LogP contribution in [0.15, 0.2) is 35.3 Å². The van der Waals surface area contributed by atoms with E-state index < -0.39 is 5.97 Å². The maximum Gasteiger partial charge on any atom is 0.326 e. The lowest BCUT2D eigenvalue weighted by Gasteiger charge is -2.06. The second-order valence-electron chi connectivity index (χ2n) is 6.66. The molecule has 8 heteroatoms. The van der Waals surface area contributed by atoms with Crippen molar-refractivity contribution >= 4 is 33.4 Å². The molecular formula is C21H20N2O5S. The molecule has 0 unspecified atom stereocenters. The highest BCUT2D eigenvalue weighted by atomic mass is 32.1. The number of rotatable bonds is 4. The lowest BCUT2D eigenvalue weighted by molar-refractivity contribution is -0.143. The van der Waals surface area contributed by atoms with E-state index in [0.29, 0.717) is 21.9 Å². The summed E-state index contributed by atoms with van der Waals surface area (Å²) in [5.41, 5.74) is 3.36. The topological polar surface area (TPSA) is 79.1 Å². The Bertz CT molecular complexity index is 1190. The lowest BCUT2D eigenvalue weighted by atomic mass is 10.1. The molecule has 1 amide bonds. The average Bonchev–Trinajstić information content (AvgIpc) is 3.26. The molecule has 1 aliphatic rings. The van der Waals surface area contributed by atoms with Crippen LogP contribution in [0.1, 0.15) is 28.4 Å². The number of nitrogens with zero attached hydrogens (tertiary/aromatic N) is 2. The monoisotopic (exact) mass is 412 g/mol. The highest BCUT2D eigenvalue weighted by molar-refractivity contribution is 7.16. The van der Waals surface area contributed by atoms with Gasteiger partial charge >= 0.3 is 5.97 Å². The zero-order valence-corrected chi connectivity index (χ0v) is 17.2. The molecule has 1 aromatic heterocycles. The van der Waals surface area contributed by atoms with Crippen molar-refractivity contribution < 1.29 is 23.8 Å². The van der Waals surface area contributed by atoms with Crippen LogP contribution in [0.25, 0.3) is 10.2 Å². The van der Waals surface area contributed by atoms with Gasteiger partial charge in [-0.25, -0.2) is 0 Å². The average molecular weight is 412 g/mol. The van der Waals surface area contributed by atoms with Crippen molar-refractivity contribution in [2.75, 3.05) is 13.4 Å². The molecule has 0 bridgehead atoms. The van der Waals surface area contributed by atoms with E-state index in [1.54, 1.807) is 23.6 Å². The number of esters is 1. The Balaban J connectivity index is 1.83. The number of aryl methyl sites for hydroxylation is 2. The molecule has 7 nitrogen and oxygen atoms in total. The van der Waals surface area contributed by atoms with Crippen LogP contribution in [0, 0.1) is 13.8 Å². The number of carbonyl (C=O) groups excluding carboxylic acids is 2. The highest BCUT2D eigenvalue weighted by Crippen LogP contribution is 2.37. The Hall–Kier alpha value is -3.13. The summed E-state index contributed by atoms with van der Waals surface area (Å²) < 4.78 is 18.5. The number of benzene rings is 2. The number of thiazole rings is 1. The second kappa shape index (κ2) is 7.71. The first kappa shape index (κ1) is 19.2. The molecule has 3 aromatic rings. The predicted molar refractivity (Wildman–Crippen MR) is 108 cm³/mol. The number of fused-ring (bicyclic) bond motifs is 2. The fourth-order valence-corrected chi connectivity index (χ4v) is 4.10. The van der Waals surface area contributed by atoms with Crippen LogP contribution >= 0.6 is 11.3 Å². The van der Waals surface area contributed by atoms with Gasteiger partial charge in [0.2, 0.25) is 6.79 Å². The fraction of sp³-hybridized carbons (Fsp3) is 0.286. The van der Waals surface area contributed by atoms with Crippen molar-refractivity contribution in [1.82, 2.24) is 4.57 Å². The van der Waals surface area contributed by atoms with Gasteiger partial charge < -0.3 is 18.8 Å². The molecule has 4 rings (SSSR count). The van der Waals surface area contributed by atoms with Gasteiger partial charge in [0.05, 0.1) is 16.8 Å². The normalized spacial score (nSPS) is 13.1. The minimum absolute atomic E-state index is 0.0491. The Labute approximate surface area is 171 Å². The van der Waals surface area contributed by atoms with Crippen LogP contribution < -0.4 is 14.3 Å². The lowest BCUT2D eigenvalue weighted by Crippen LogP contribution is -2.23. The van der Waals surface area contributed by atoms with E-state index in [1.165, 1.54) is 11.3 Å². The Morgan fingerprint density at radius 3 is 2.62 bits per heavy atom. The first-order valence-electron chi connectivity index (χ1n) is 9.21. The third-order valence-corrected chi connectivity index (χ3v) is 5.76. The van der Waals surface area contributed by atoms with E-state index in [-0.39, 0.29) is 25.9 Å². The number of hydrogen-bond donors (Lipinski definition) is 0. The largest absolute Gasteiger partial charge is 0.465 e. The van der Waals surface area contributed by atoms with Crippen molar-refractivity contribution in [2.24, 2.45) is 4.99 Å². The van der Waals surface area contributed by atoms with Gasteiger partial charge in [-0.05, 0) is 44.0 Å². The van der Waals surface area contributed by atoms with Crippen LogP contribution in [0.2, 0.25) is 0 Å². The predicted octanol–water partition coefficient (Wildman–Crippen LogP) is 3.35. The summed E-state index contributed by atoms with van der Waals surface area (Å²) >= 11 is 1.31. The second-order valence-corrected chi connectivity index (χ2v) is 7.67. The minimum atomic E-state index is -0.398. The van der Waals surface area contributed by atoms with Crippen LogP contribution in [0.5, 0.6) is 11.5 Å². The quantitative estimate of drug-likeness (QED) is 0.614. The standard InChI is InChI=1S/C21H20N2O5S/c1-4-26-19(24)10-23-15-8-16-17(28-11-27-16)9-18(15)29-21(23)22-20(25)14-6-5-12(2)13(3)7-14/h5-9H,4,10-11H2,1-3H3. The number of aromatic nitrogens is 1. The molecule has 2 aromatic carbocycles. The van der Waals surface area contributed by atoms with E-state index >= 15 is 0 Å². The van der Waals surface area contributed by atoms with Crippen LogP contribution in [0.4, 0.5) is 0 Å². The van der Waals surface area contributed by atoms with Gasteiger partial charge in [-0.15, -0.1) is 0 Å². The smallest absolute Gasteiger partial charge is 0.326 e. The molecule has 0 fully saturated rings. The first-order valence-corrected chi connectivity index (χ1v) is 10.0. The Kier molecular flexibility index (Phi) is 5.10. The van der Waals surface area contributed by atoms with Gasteiger partial charge in [-0.1, -0.05) is 17.4 Å². The molecule has 0 saturated heterocycles. The number of amides is 1. The zero-order chi connectivity index (χ0) is 20.5. The number of carbonyl (C=O) groups is 2. The molecule has 2 heterocycles. The van der Waals surface area contributed by atoms with Gasteiger partial charge in [-0.3, -0.25) is 9.59 Å². The summed E-state index contributed by atoms with van der Waals surface area (Å²) in [5, 5.41) is 0. The molecule has 150 valence electrons. The molecular weight excluding hydrogens is 392 g/mol. The summed E-state index contributed by atoms with van der Waals surface area (Å²) in [7, 11) is 0. The summed E-state index contributed by atoms with van der Waals surface area (Å²) in [4.78, 5) is 29.7. The van der Waals surface area contributed by atoms with Crippen LogP contribution in [-0.4, -0.2) is 29.8 Å². The molecule has 0 N–H and O–H groups in total. The molecule has 0 atom stereocenters. The van der Waals surface area contributed by atoms with Crippen molar-refractivity contribution in [3.8, 4) is 11.5 Å². The Morgan fingerprint density at radius 1 is 1.14 bits per heavy atom. The van der Waals surface area contributed by atoms with Crippen molar-refractivity contribution in [2.45, 2.75) is 27.3 Å². The van der Waals surface area contributed by atoms with Gasteiger partial charge in [0.1, 0.15) is 6.54 Å². The maximum absolute atomic E-state index is 12.8. The molecule has 1 aliphatic heterocycles. The maximum atomic E-state index is 12.8. The molecule has 29 heavy (non-hydrogen) atoms. The zero-order valence-electron chi connectivity index (χ0n) is 16.4. The van der Waals surface area contributed by atoms with Gasteiger partial charge in [0.15, 0.2) is 16.3 Å². The van der Waals surface area contributed by atoms with Gasteiger partial charge in [-0.2, -0.15) is 4.99 Å². The van der Waals surface area contributed by atoms with Gasteiger partial charge in [0.25, 0.3) is 5.91 Å². The van der Waals surface area contributed by atoms with Crippen LogP contribution in [0.3, 0.4) is 0 Å². The van der Waals surface area contributed by atoms with E-state index in [1.807, 2.05) is 32.0 Å². The summed E-state index contributed by atoms with van der Waals surface area (Å²) in [6.45, 7) is 6.08. The SMILES string of the molecule is CCOC(=O)Cn1c(=NC(=O)c2ccc(C)c(C)c2)sc2cc3c(cc21)OCO3. The number of hydrogen-bond acceptors (Lipinski definition) is 6. The molecule has 0 saturated carbocycles. The third kappa shape index (κ3) is 3.75. The molecule has 0 aliphatic carbocycles. The highest BCUT2D eigenvalue weighted by Gasteiger charge is 2.19. The molecule has 0 spiro atoms. The number of ether oxygens (including phenoxy) is 3.